The third-order valence-electron chi connectivity index (χ3n) is 3.76. The molecule has 0 atom stereocenters. The van der Waals surface area contributed by atoms with Gasteiger partial charge in [-0.25, -0.2) is 4.98 Å². The molecule has 1 aromatic heterocycles. The van der Waals surface area contributed by atoms with Crippen molar-refractivity contribution in [3.63, 3.8) is 0 Å². The standard InChI is InChI=1S/C18H14N2O2/c21-18-15-8-4-5-9-16(15)19-17-14(10-11-22-20(17)18)12-13-6-2-1-3-7-13/h1-9,12H,10-11H2/b14-12+. The van der Waals surface area contributed by atoms with Crippen molar-refractivity contribution in [2.75, 3.05) is 6.61 Å². The zero-order valence-corrected chi connectivity index (χ0v) is 11.9. The fourth-order valence-electron chi connectivity index (χ4n) is 2.68. The summed E-state index contributed by atoms with van der Waals surface area (Å²) < 4.78 is 1.32. The van der Waals surface area contributed by atoms with Crippen molar-refractivity contribution in [3.05, 3.63) is 76.3 Å². The highest BCUT2D eigenvalue weighted by molar-refractivity contribution is 5.83. The number of hydrogen-bond acceptors (Lipinski definition) is 3. The van der Waals surface area contributed by atoms with E-state index >= 15 is 0 Å². The third kappa shape index (κ3) is 2.09. The normalized spacial score (nSPS) is 15.5. The number of hydrogen-bond donors (Lipinski definition) is 0. The monoisotopic (exact) mass is 290 g/mol. The molecule has 0 saturated heterocycles. The molecule has 0 radical (unpaired) electrons. The summed E-state index contributed by atoms with van der Waals surface area (Å²) in [6.45, 7) is 0.478. The van der Waals surface area contributed by atoms with Crippen LogP contribution in [0.4, 0.5) is 0 Å². The molecule has 0 amide bonds. The van der Waals surface area contributed by atoms with Crippen molar-refractivity contribution in [3.8, 4) is 0 Å². The first kappa shape index (κ1) is 12.8. The minimum Gasteiger partial charge on any atom is -0.408 e. The second-order valence-corrected chi connectivity index (χ2v) is 5.22. The van der Waals surface area contributed by atoms with Gasteiger partial charge in [0.1, 0.15) is 6.61 Å². The summed E-state index contributed by atoms with van der Waals surface area (Å²) in [4.78, 5) is 22.7. The van der Waals surface area contributed by atoms with Crippen molar-refractivity contribution in [1.29, 1.82) is 0 Å². The highest BCUT2D eigenvalue weighted by atomic mass is 16.7. The molecule has 2 aromatic carbocycles. The van der Waals surface area contributed by atoms with E-state index in [0.717, 1.165) is 17.6 Å². The average Bonchev–Trinajstić information content (AvgIpc) is 2.57. The molecule has 4 heteroatoms. The Morgan fingerprint density at radius 1 is 1.05 bits per heavy atom. The van der Waals surface area contributed by atoms with Crippen LogP contribution in [0.15, 0.2) is 59.4 Å². The van der Waals surface area contributed by atoms with Crippen molar-refractivity contribution in [2.24, 2.45) is 0 Å². The summed E-state index contributed by atoms with van der Waals surface area (Å²) in [5, 5.41) is 0.576. The third-order valence-corrected chi connectivity index (χ3v) is 3.76. The molecular formula is C18H14N2O2. The highest BCUT2D eigenvalue weighted by Gasteiger charge is 2.20. The minimum absolute atomic E-state index is 0.153. The van der Waals surface area contributed by atoms with Crippen LogP contribution >= 0.6 is 0 Å². The number of nitrogens with zero attached hydrogens (tertiary/aromatic N) is 2. The Labute approximate surface area is 127 Å². The van der Waals surface area contributed by atoms with Gasteiger partial charge in [0.05, 0.1) is 10.9 Å². The second-order valence-electron chi connectivity index (χ2n) is 5.22. The van der Waals surface area contributed by atoms with E-state index in [1.54, 1.807) is 6.07 Å². The van der Waals surface area contributed by atoms with Gasteiger partial charge in [-0.2, -0.15) is 0 Å². The molecular weight excluding hydrogens is 276 g/mol. The molecule has 108 valence electrons. The summed E-state index contributed by atoms with van der Waals surface area (Å²) in [5.74, 6) is 0.596. The van der Waals surface area contributed by atoms with Gasteiger partial charge in [-0.05, 0) is 23.8 Å². The molecule has 1 aliphatic heterocycles. The number of para-hydroxylation sites is 1. The van der Waals surface area contributed by atoms with Gasteiger partial charge in [0, 0.05) is 12.0 Å². The van der Waals surface area contributed by atoms with Crippen LogP contribution in [0, 0.1) is 0 Å². The Morgan fingerprint density at radius 3 is 2.68 bits per heavy atom. The predicted molar refractivity (Wildman–Crippen MR) is 86.4 cm³/mol. The van der Waals surface area contributed by atoms with Gasteiger partial charge in [0.2, 0.25) is 0 Å². The zero-order chi connectivity index (χ0) is 14.9. The first-order valence-corrected chi connectivity index (χ1v) is 7.24. The first-order valence-electron chi connectivity index (χ1n) is 7.24. The molecule has 0 fully saturated rings. The van der Waals surface area contributed by atoms with Crippen LogP contribution in [-0.2, 0) is 0 Å². The van der Waals surface area contributed by atoms with Crippen molar-refractivity contribution < 1.29 is 4.84 Å². The molecule has 1 aliphatic rings. The van der Waals surface area contributed by atoms with E-state index in [2.05, 4.69) is 11.1 Å². The molecule has 0 saturated carbocycles. The van der Waals surface area contributed by atoms with Gasteiger partial charge in [-0.15, -0.1) is 4.73 Å². The molecule has 22 heavy (non-hydrogen) atoms. The smallest absolute Gasteiger partial charge is 0.294 e. The lowest BCUT2D eigenvalue weighted by Crippen LogP contribution is -2.34. The molecule has 0 aliphatic carbocycles. The molecule has 0 bridgehead atoms. The Balaban J connectivity index is 1.95. The lowest BCUT2D eigenvalue weighted by atomic mass is 10.1. The lowest BCUT2D eigenvalue weighted by Gasteiger charge is -2.21. The Kier molecular flexibility index (Phi) is 3.00. The SMILES string of the molecule is O=c1c2ccccc2nc2n1OCC/C2=C\c1ccccc1. The number of aromatic nitrogens is 2. The first-order chi connectivity index (χ1) is 10.8. The molecule has 0 unspecified atom stereocenters. The van der Waals surface area contributed by atoms with E-state index in [0.29, 0.717) is 23.3 Å². The topological polar surface area (TPSA) is 44.1 Å². The van der Waals surface area contributed by atoms with Crippen LogP contribution in [0.3, 0.4) is 0 Å². The van der Waals surface area contributed by atoms with Crippen LogP contribution < -0.4 is 10.4 Å². The van der Waals surface area contributed by atoms with Crippen molar-refractivity contribution >= 4 is 22.6 Å². The van der Waals surface area contributed by atoms with E-state index in [9.17, 15) is 4.79 Å². The number of benzene rings is 2. The number of fused-ring (bicyclic) bond motifs is 2. The molecule has 4 rings (SSSR count). The van der Waals surface area contributed by atoms with Crippen LogP contribution in [-0.4, -0.2) is 16.3 Å². The molecule has 4 nitrogen and oxygen atoms in total. The maximum Gasteiger partial charge on any atom is 0.294 e. The van der Waals surface area contributed by atoms with Gasteiger partial charge in [0.25, 0.3) is 5.56 Å². The van der Waals surface area contributed by atoms with E-state index in [-0.39, 0.29) is 5.56 Å². The largest absolute Gasteiger partial charge is 0.408 e. The van der Waals surface area contributed by atoms with Gasteiger partial charge >= 0.3 is 0 Å². The zero-order valence-electron chi connectivity index (χ0n) is 11.9. The van der Waals surface area contributed by atoms with E-state index in [1.807, 2.05) is 48.5 Å². The summed E-state index contributed by atoms with van der Waals surface area (Å²) in [6.07, 6.45) is 2.80. The summed E-state index contributed by atoms with van der Waals surface area (Å²) in [5.41, 5.74) is 2.65. The molecule has 2 heterocycles. The van der Waals surface area contributed by atoms with Crippen LogP contribution in [0.2, 0.25) is 0 Å². The van der Waals surface area contributed by atoms with Crippen molar-refractivity contribution in [2.45, 2.75) is 6.42 Å². The quantitative estimate of drug-likeness (QED) is 0.692. The fraction of sp³-hybridized carbons (Fsp3) is 0.111. The van der Waals surface area contributed by atoms with E-state index < -0.39 is 0 Å². The van der Waals surface area contributed by atoms with Gasteiger partial charge < -0.3 is 4.84 Å². The van der Waals surface area contributed by atoms with Crippen molar-refractivity contribution in [1.82, 2.24) is 9.71 Å². The Hall–Kier alpha value is -2.88. The summed E-state index contributed by atoms with van der Waals surface area (Å²) >= 11 is 0. The Morgan fingerprint density at radius 2 is 1.82 bits per heavy atom. The van der Waals surface area contributed by atoms with Crippen LogP contribution in [0.1, 0.15) is 17.8 Å². The molecule has 3 aromatic rings. The second kappa shape index (κ2) is 5.15. The molecule has 0 N–H and O–H groups in total. The summed E-state index contributed by atoms with van der Waals surface area (Å²) in [7, 11) is 0. The van der Waals surface area contributed by atoms with Gasteiger partial charge in [-0.3, -0.25) is 4.79 Å². The lowest BCUT2D eigenvalue weighted by molar-refractivity contribution is 0.0924. The van der Waals surface area contributed by atoms with Gasteiger partial charge in [-0.1, -0.05) is 42.5 Å². The van der Waals surface area contributed by atoms with E-state index in [1.165, 1.54) is 4.73 Å². The van der Waals surface area contributed by atoms with Crippen LogP contribution in [0.5, 0.6) is 0 Å². The predicted octanol–water partition coefficient (Wildman–Crippen LogP) is 2.77. The maximum atomic E-state index is 12.5. The molecule has 0 spiro atoms. The Bertz CT molecular complexity index is 927. The highest BCUT2D eigenvalue weighted by Crippen LogP contribution is 2.23. The minimum atomic E-state index is -0.153. The summed E-state index contributed by atoms with van der Waals surface area (Å²) in [6, 6.07) is 17.4. The number of rotatable bonds is 1. The van der Waals surface area contributed by atoms with Gasteiger partial charge in [0.15, 0.2) is 5.82 Å². The van der Waals surface area contributed by atoms with E-state index in [4.69, 9.17) is 4.84 Å². The van der Waals surface area contributed by atoms with Crippen LogP contribution in [0.25, 0.3) is 22.6 Å². The fourth-order valence-corrected chi connectivity index (χ4v) is 2.68. The average molecular weight is 290 g/mol. The maximum absolute atomic E-state index is 12.5.